The van der Waals surface area contributed by atoms with Crippen molar-refractivity contribution in [3.8, 4) is 40.2 Å². The lowest BCUT2D eigenvalue weighted by Gasteiger charge is -2.12. The Morgan fingerprint density at radius 3 is 1.10 bits per heavy atom. The van der Waals surface area contributed by atoms with Crippen molar-refractivity contribution in [1.29, 1.82) is 5.26 Å². The largest absolute Gasteiger partial charge is 0.265 e. The second kappa shape index (κ2) is 12.2. The van der Waals surface area contributed by atoms with Gasteiger partial charge in [-0.05, 0) is 96.3 Å². The van der Waals surface area contributed by atoms with Crippen LogP contribution in [0.25, 0.3) is 88.0 Å². The molecule has 7 aromatic carbocycles. The van der Waals surface area contributed by atoms with Crippen LogP contribution in [0.5, 0.6) is 0 Å². The average molecular weight is 638 g/mol. The molecule has 9 aromatic rings. The van der Waals surface area contributed by atoms with E-state index in [1.807, 2.05) is 24.3 Å². The number of rotatable bonds is 3. The van der Waals surface area contributed by atoms with E-state index in [1.54, 1.807) is 24.5 Å². The zero-order valence-electron chi connectivity index (χ0n) is 26.8. The third kappa shape index (κ3) is 5.04. The predicted molar refractivity (Wildman–Crippen MR) is 204 cm³/mol. The summed E-state index contributed by atoms with van der Waals surface area (Å²) in [5.41, 5.74) is 3.09. The molecule has 0 spiro atoms. The topological polar surface area (TPSA) is 75.3 Å². The van der Waals surface area contributed by atoms with E-state index in [-0.39, 0.29) is 0 Å². The van der Waals surface area contributed by atoms with Crippen molar-refractivity contribution >= 4 is 53.9 Å². The highest BCUT2D eigenvalue weighted by Gasteiger charge is 2.15. The SMILES string of the molecule is N#Cc1ccc(-c2nc(-c3ccncc3)nc(-c3ccc4c5ccccc5c5ccccc5c5ccccc5c5ccccc5c4c3)n2)cc1. The maximum absolute atomic E-state index is 9.39. The fraction of sp³-hybridized carbons (Fsp3) is 0. The van der Waals surface area contributed by atoms with Gasteiger partial charge < -0.3 is 0 Å². The average Bonchev–Trinajstić information content (AvgIpc) is 3.20. The monoisotopic (exact) mass is 637 g/mol. The van der Waals surface area contributed by atoms with Gasteiger partial charge in [-0.15, -0.1) is 0 Å². The van der Waals surface area contributed by atoms with E-state index in [1.165, 1.54) is 26.9 Å². The zero-order valence-corrected chi connectivity index (χ0v) is 26.8. The Labute approximate surface area is 288 Å². The molecule has 0 N–H and O–H groups in total. The van der Waals surface area contributed by atoms with E-state index in [4.69, 9.17) is 15.0 Å². The first-order chi connectivity index (χ1) is 24.7. The lowest BCUT2D eigenvalue weighted by Crippen LogP contribution is -2.00. The Hall–Kier alpha value is -7.03. The summed E-state index contributed by atoms with van der Waals surface area (Å²) in [4.78, 5) is 19.1. The molecular formula is C45H27N5. The summed E-state index contributed by atoms with van der Waals surface area (Å²) >= 11 is 0. The van der Waals surface area contributed by atoms with Crippen LogP contribution >= 0.6 is 0 Å². The lowest BCUT2D eigenvalue weighted by molar-refractivity contribution is 1.07. The van der Waals surface area contributed by atoms with E-state index >= 15 is 0 Å². The van der Waals surface area contributed by atoms with Crippen molar-refractivity contribution in [1.82, 2.24) is 19.9 Å². The molecule has 9 rings (SSSR count). The number of benzene rings is 6. The number of fused-ring (bicyclic) bond motifs is 10. The van der Waals surface area contributed by atoms with Gasteiger partial charge in [0.25, 0.3) is 0 Å². The van der Waals surface area contributed by atoms with Crippen LogP contribution in [-0.4, -0.2) is 19.9 Å². The Kier molecular flexibility index (Phi) is 7.11. The van der Waals surface area contributed by atoms with Crippen molar-refractivity contribution < 1.29 is 0 Å². The predicted octanol–water partition coefficient (Wildman–Crippen LogP) is 11.0. The van der Waals surface area contributed by atoms with Crippen LogP contribution in [0.3, 0.4) is 0 Å². The van der Waals surface area contributed by atoms with E-state index < -0.39 is 0 Å². The van der Waals surface area contributed by atoms with Gasteiger partial charge in [-0.25, -0.2) is 15.0 Å². The maximum Gasteiger partial charge on any atom is 0.164 e. The Morgan fingerprint density at radius 1 is 0.340 bits per heavy atom. The van der Waals surface area contributed by atoms with Gasteiger partial charge in [0.15, 0.2) is 17.5 Å². The zero-order chi connectivity index (χ0) is 33.4. The second-order valence-electron chi connectivity index (χ2n) is 12.2. The second-order valence-corrected chi connectivity index (χ2v) is 12.2. The van der Waals surface area contributed by atoms with Crippen molar-refractivity contribution in [3.63, 3.8) is 0 Å². The molecular weight excluding hydrogens is 611 g/mol. The quantitative estimate of drug-likeness (QED) is 0.193. The summed E-state index contributed by atoms with van der Waals surface area (Å²) in [6, 6.07) is 54.5. The molecule has 0 aliphatic heterocycles. The fourth-order valence-electron chi connectivity index (χ4n) is 6.91. The molecule has 0 amide bonds. The number of hydrogen-bond donors (Lipinski definition) is 0. The van der Waals surface area contributed by atoms with Gasteiger partial charge in [0, 0.05) is 29.1 Å². The van der Waals surface area contributed by atoms with Gasteiger partial charge >= 0.3 is 0 Å². The van der Waals surface area contributed by atoms with Gasteiger partial charge in [0.05, 0.1) is 11.6 Å². The molecule has 0 saturated carbocycles. The maximum atomic E-state index is 9.39. The number of nitrogens with zero attached hydrogens (tertiary/aromatic N) is 5. The molecule has 0 aliphatic carbocycles. The van der Waals surface area contributed by atoms with Crippen molar-refractivity contribution in [2.45, 2.75) is 0 Å². The van der Waals surface area contributed by atoms with Crippen LogP contribution in [0.4, 0.5) is 0 Å². The molecule has 2 heterocycles. The van der Waals surface area contributed by atoms with E-state index in [9.17, 15) is 5.26 Å². The summed E-state index contributed by atoms with van der Waals surface area (Å²) in [5.74, 6) is 1.64. The first-order valence-electron chi connectivity index (χ1n) is 16.4. The molecule has 5 nitrogen and oxygen atoms in total. The van der Waals surface area contributed by atoms with E-state index in [0.29, 0.717) is 23.0 Å². The molecule has 0 fully saturated rings. The summed E-state index contributed by atoms with van der Waals surface area (Å²) < 4.78 is 0. The molecule has 0 unspecified atom stereocenters. The first kappa shape index (κ1) is 29.1. The number of aromatic nitrogens is 4. The minimum atomic E-state index is 0.530. The van der Waals surface area contributed by atoms with Crippen LogP contribution in [0.1, 0.15) is 5.56 Å². The van der Waals surface area contributed by atoms with Crippen LogP contribution in [-0.2, 0) is 0 Å². The van der Waals surface area contributed by atoms with Gasteiger partial charge in [-0.3, -0.25) is 4.98 Å². The molecule has 0 atom stereocenters. The van der Waals surface area contributed by atoms with E-state index in [2.05, 4.69) is 126 Å². The number of pyridine rings is 1. The third-order valence-electron chi connectivity index (χ3n) is 9.28. The van der Waals surface area contributed by atoms with Gasteiger partial charge in [-0.1, -0.05) is 109 Å². The van der Waals surface area contributed by atoms with Crippen molar-refractivity contribution in [2.75, 3.05) is 0 Å². The van der Waals surface area contributed by atoms with Gasteiger partial charge in [0.1, 0.15) is 0 Å². The summed E-state index contributed by atoms with van der Waals surface area (Å²) in [6.07, 6.45) is 3.48. The third-order valence-corrected chi connectivity index (χ3v) is 9.28. The Balaban J connectivity index is 1.42. The highest BCUT2D eigenvalue weighted by atomic mass is 15.0. The molecule has 0 saturated heterocycles. The summed E-state index contributed by atoms with van der Waals surface area (Å²) in [7, 11) is 0. The van der Waals surface area contributed by atoms with Crippen LogP contribution < -0.4 is 0 Å². The molecule has 232 valence electrons. The fourth-order valence-corrected chi connectivity index (χ4v) is 6.91. The minimum absolute atomic E-state index is 0.530. The standard InChI is InChI=1S/C45H27N5/c46-28-29-17-19-30(20-18-29)43-48-44(31-23-25-47-26-24-31)50-45(49-43)32-21-22-41-39-15-6-5-13-37(39)35-11-2-1-9-33(35)34-10-3-4-12-36(34)38-14-7-8-16-40(38)42(41)27-32/h1-27H. The highest BCUT2D eigenvalue weighted by molar-refractivity contribution is 6.26. The summed E-state index contributed by atoms with van der Waals surface area (Å²) in [6.45, 7) is 0. The molecule has 2 aromatic heterocycles. The first-order valence-corrected chi connectivity index (χ1v) is 16.4. The number of hydrogen-bond acceptors (Lipinski definition) is 5. The van der Waals surface area contributed by atoms with Gasteiger partial charge in [0.2, 0.25) is 0 Å². The van der Waals surface area contributed by atoms with Crippen molar-refractivity contribution in [2.24, 2.45) is 0 Å². The van der Waals surface area contributed by atoms with Crippen molar-refractivity contribution in [3.05, 3.63) is 170 Å². The highest BCUT2D eigenvalue weighted by Crippen LogP contribution is 2.37. The molecule has 50 heavy (non-hydrogen) atoms. The van der Waals surface area contributed by atoms with Crippen LogP contribution in [0.2, 0.25) is 0 Å². The molecule has 5 heteroatoms. The van der Waals surface area contributed by atoms with Crippen LogP contribution in [0.15, 0.2) is 164 Å². The van der Waals surface area contributed by atoms with Crippen LogP contribution in [0, 0.1) is 11.3 Å². The Bertz CT molecular complexity index is 2800. The Morgan fingerprint density at radius 2 is 0.680 bits per heavy atom. The van der Waals surface area contributed by atoms with E-state index in [0.717, 1.165) is 43.6 Å². The normalized spacial score (nSPS) is 11.2. The number of nitriles is 1. The summed E-state index contributed by atoms with van der Waals surface area (Å²) in [5, 5.41) is 21.0. The minimum Gasteiger partial charge on any atom is -0.265 e. The van der Waals surface area contributed by atoms with Gasteiger partial charge in [-0.2, -0.15) is 5.26 Å². The lowest BCUT2D eigenvalue weighted by atomic mass is 9.94. The smallest absolute Gasteiger partial charge is 0.164 e. The molecule has 0 bridgehead atoms. The molecule has 0 radical (unpaired) electrons. The molecule has 0 aliphatic rings.